The van der Waals surface area contributed by atoms with Gasteiger partial charge in [-0.3, -0.25) is 4.98 Å². The van der Waals surface area contributed by atoms with Crippen molar-refractivity contribution in [2.24, 2.45) is 0 Å². The number of hydrogen-bond acceptors (Lipinski definition) is 2. The standard InChI is InChI=1S/C22H26N2O.ClH/c1-15(2)11-13-24-18(5)17(4)20-10-12-23-21(22(20)24)14-25-19-8-6-16(3)7-9-19;/h6-12H,13-14H2,1-5H3;1H. The van der Waals surface area contributed by atoms with Crippen LogP contribution in [-0.4, -0.2) is 9.55 Å². The Balaban J connectivity index is 0.00000243. The van der Waals surface area contributed by atoms with Crippen molar-refractivity contribution in [1.82, 2.24) is 9.55 Å². The van der Waals surface area contributed by atoms with Crippen LogP contribution in [0.2, 0.25) is 0 Å². The van der Waals surface area contributed by atoms with Crippen molar-refractivity contribution in [2.45, 2.75) is 47.8 Å². The van der Waals surface area contributed by atoms with Crippen LogP contribution in [0.3, 0.4) is 0 Å². The molecule has 1 aromatic carbocycles. The number of aromatic nitrogens is 2. The summed E-state index contributed by atoms with van der Waals surface area (Å²) in [6.07, 6.45) is 4.14. The first-order chi connectivity index (χ1) is 12.0. The van der Waals surface area contributed by atoms with Crippen LogP contribution in [0, 0.1) is 20.8 Å². The van der Waals surface area contributed by atoms with E-state index in [0.717, 1.165) is 18.0 Å². The van der Waals surface area contributed by atoms with Crippen LogP contribution in [-0.2, 0) is 13.2 Å². The number of nitrogens with zero attached hydrogens (tertiary/aromatic N) is 2. The van der Waals surface area contributed by atoms with Gasteiger partial charge in [0, 0.05) is 23.8 Å². The lowest BCUT2D eigenvalue weighted by molar-refractivity contribution is 0.302. The molecular formula is C22H27ClN2O. The van der Waals surface area contributed by atoms with E-state index in [1.807, 2.05) is 18.3 Å². The van der Waals surface area contributed by atoms with Crippen molar-refractivity contribution in [3.63, 3.8) is 0 Å². The minimum absolute atomic E-state index is 0. The molecule has 0 N–H and O–H groups in total. The maximum Gasteiger partial charge on any atom is 0.132 e. The van der Waals surface area contributed by atoms with Crippen LogP contribution < -0.4 is 4.74 Å². The van der Waals surface area contributed by atoms with Crippen LogP contribution in [0.5, 0.6) is 5.75 Å². The van der Waals surface area contributed by atoms with Crippen molar-refractivity contribution >= 4 is 23.3 Å². The molecule has 138 valence electrons. The highest BCUT2D eigenvalue weighted by Crippen LogP contribution is 2.28. The molecule has 4 heteroatoms. The number of rotatable bonds is 5. The van der Waals surface area contributed by atoms with Crippen LogP contribution in [0.4, 0.5) is 0 Å². The largest absolute Gasteiger partial charge is 0.487 e. The molecule has 3 rings (SSSR count). The maximum absolute atomic E-state index is 5.99. The van der Waals surface area contributed by atoms with Gasteiger partial charge in [0.25, 0.3) is 0 Å². The minimum atomic E-state index is 0. The van der Waals surface area contributed by atoms with Gasteiger partial charge in [0.15, 0.2) is 0 Å². The molecule has 2 heterocycles. The Kier molecular flexibility index (Phi) is 6.49. The third-order valence-electron chi connectivity index (χ3n) is 4.70. The average molecular weight is 371 g/mol. The smallest absolute Gasteiger partial charge is 0.132 e. The molecule has 0 bridgehead atoms. The van der Waals surface area contributed by atoms with Crippen molar-refractivity contribution in [3.8, 4) is 5.75 Å². The second-order valence-corrected chi connectivity index (χ2v) is 6.86. The SMILES string of the molecule is CC(C)=CCn1c(C)c(C)c2ccnc(COc3ccc(C)cc3)c21.Cl. The van der Waals surface area contributed by atoms with Crippen molar-refractivity contribution in [1.29, 1.82) is 0 Å². The van der Waals surface area contributed by atoms with Crippen molar-refractivity contribution in [2.75, 3.05) is 0 Å². The quantitative estimate of drug-likeness (QED) is 0.520. The van der Waals surface area contributed by atoms with Gasteiger partial charge in [-0.15, -0.1) is 12.4 Å². The molecule has 0 radical (unpaired) electrons. The molecule has 3 nitrogen and oxygen atoms in total. The number of benzene rings is 1. The Morgan fingerprint density at radius 1 is 1.08 bits per heavy atom. The molecule has 0 unspecified atom stereocenters. The second-order valence-electron chi connectivity index (χ2n) is 6.86. The van der Waals surface area contributed by atoms with Gasteiger partial charge >= 0.3 is 0 Å². The molecule has 0 amide bonds. The molecule has 0 fully saturated rings. The van der Waals surface area contributed by atoms with Gasteiger partial charge in [-0.05, 0) is 58.4 Å². The van der Waals surface area contributed by atoms with Crippen LogP contribution in [0.15, 0.2) is 48.2 Å². The third-order valence-corrected chi connectivity index (χ3v) is 4.70. The number of aryl methyl sites for hydroxylation is 2. The Labute approximate surface area is 162 Å². The maximum atomic E-state index is 5.99. The molecule has 2 aromatic heterocycles. The Hall–Kier alpha value is -2.26. The summed E-state index contributed by atoms with van der Waals surface area (Å²) in [6, 6.07) is 10.2. The summed E-state index contributed by atoms with van der Waals surface area (Å²) < 4.78 is 8.34. The fourth-order valence-electron chi connectivity index (χ4n) is 3.06. The van der Waals surface area contributed by atoms with E-state index in [1.54, 1.807) is 0 Å². The van der Waals surface area contributed by atoms with E-state index in [4.69, 9.17) is 4.74 Å². The number of fused-ring (bicyclic) bond motifs is 1. The average Bonchev–Trinajstić information content (AvgIpc) is 2.84. The molecule has 0 aliphatic carbocycles. The summed E-state index contributed by atoms with van der Waals surface area (Å²) >= 11 is 0. The predicted molar refractivity (Wildman–Crippen MR) is 111 cm³/mol. The summed E-state index contributed by atoms with van der Waals surface area (Å²) in [6.45, 7) is 12.0. The first-order valence-electron chi connectivity index (χ1n) is 8.73. The summed E-state index contributed by atoms with van der Waals surface area (Å²) in [5.74, 6) is 0.875. The number of halogens is 1. The van der Waals surface area contributed by atoms with Crippen LogP contribution in [0.25, 0.3) is 10.9 Å². The zero-order chi connectivity index (χ0) is 18.0. The molecular weight excluding hydrogens is 344 g/mol. The highest BCUT2D eigenvalue weighted by Gasteiger charge is 2.15. The van der Waals surface area contributed by atoms with Crippen LogP contribution in [0.1, 0.15) is 36.4 Å². The molecule has 0 aliphatic rings. The van der Waals surface area contributed by atoms with Crippen LogP contribution >= 0.6 is 12.4 Å². The monoisotopic (exact) mass is 370 g/mol. The fraction of sp³-hybridized carbons (Fsp3) is 0.318. The van der Waals surface area contributed by atoms with Crippen molar-refractivity contribution < 1.29 is 4.74 Å². The van der Waals surface area contributed by atoms with Gasteiger partial charge in [-0.25, -0.2) is 0 Å². The summed E-state index contributed by atoms with van der Waals surface area (Å²) in [4.78, 5) is 4.62. The minimum Gasteiger partial charge on any atom is -0.487 e. The Morgan fingerprint density at radius 2 is 1.77 bits per heavy atom. The van der Waals surface area contributed by atoms with Gasteiger partial charge in [0.2, 0.25) is 0 Å². The summed E-state index contributed by atoms with van der Waals surface area (Å²) in [5.41, 5.74) is 7.32. The number of allylic oxidation sites excluding steroid dienone is 2. The number of ether oxygens (including phenoxy) is 1. The van der Waals surface area contributed by atoms with Gasteiger partial charge in [0.05, 0.1) is 5.52 Å². The number of pyridine rings is 1. The van der Waals surface area contributed by atoms with Gasteiger partial charge < -0.3 is 9.30 Å². The first kappa shape index (κ1) is 20.1. The van der Waals surface area contributed by atoms with Gasteiger partial charge in [-0.1, -0.05) is 29.3 Å². The molecule has 0 spiro atoms. The zero-order valence-electron chi connectivity index (χ0n) is 16.2. The lowest BCUT2D eigenvalue weighted by atomic mass is 10.2. The van der Waals surface area contributed by atoms with E-state index in [1.165, 1.54) is 33.3 Å². The molecule has 0 saturated carbocycles. The predicted octanol–water partition coefficient (Wildman–Crippen LogP) is 5.93. The molecule has 26 heavy (non-hydrogen) atoms. The highest BCUT2D eigenvalue weighted by molar-refractivity contribution is 5.87. The second kappa shape index (κ2) is 8.41. The zero-order valence-corrected chi connectivity index (χ0v) is 17.0. The van der Waals surface area contributed by atoms with E-state index in [0.29, 0.717) is 6.61 Å². The third kappa shape index (κ3) is 4.10. The molecule has 0 aliphatic heterocycles. The lowest BCUT2D eigenvalue weighted by Gasteiger charge is -2.11. The molecule has 0 saturated heterocycles. The van der Waals surface area contributed by atoms with E-state index in [2.05, 4.69) is 68.4 Å². The highest BCUT2D eigenvalue weighted by atomic mass is 35.5. The van der Waals surface area contributed by atoms with Crippen molar-refractivity contribution in [3.05, 3.63) is 70.7 Å². The van der Waals surface area contributed by atoms with Gasteiger partial charge in [-0.2, -0.15) is 0 Å². The normalized spacial score (nSPS) is 10.5. The van der Waals surface area contributed by atoms with E-state index in [-0.39, 0.29) is 12.4 Å². The molecule has 0 atom stereocenters. The number of hydrogen-bond donors (Lipinski definition) is 0. The van der Waals surface area contributed by atoms with E-state index in [9.17, 15) is 0 Å². The van der Waals surface area contributed by atoms with E-state index >= 15 is 0 Å². The lowest BCUT2D eigenvalue weighted by Crippen LogP contribution is -2.05. The summed E-state index contributed by atoms with van der Waals surface area (Å²) in [5, 5.41) is 1.26. The molecule has 3 aromatic rings. The Bertz CT molecular complexity index is 919. The van der Waals surface area contributed by atoms with E-state index < -0.39 is 0 Å². The Morgan fingerprint density at radius 3 is 2.42 bits per heavy atom. The first-order valence-corrected chi connectivity index (χ1v) is 8.73. The van der Waals surface area contributed by atoms with Gasteiger partial charge in [0.1, 0.15) is 18.1 Å². The fourth-order valence-corrected chi connectivity index (χ4v) is 3.06. The topological polar surface area (TPSA) is 27.1 Å². The summed E-state index contributed by atoms with van der Waals surface area (Å²) in [7, 11) is 0.